The van der Waals surface area contributed by atoms with Gasteiger partial charge >= 0.3 is 0 Å². The van der Waals surface area contributed by atoms with Gasteiger partial charge in [-0.25, -0.2) is 0 Å². The third kappa shape index (κ3) is 4.63. The second-order valence-corrected chi connectivity index (χ2v) is 14.0. The summed E-state index contributed by atoms with van der Waals surface area (Å²) in [6, 6.07) is 21.3. The molecule has 0 atom stereocenters. The number of hydrogen-bond donors (Lipinski definition) is 0. The van der Waals surface area contributed by atoms with Crippen molar-refractivity contribution in [2.24, 2.45) is 0 Å². The summed E-state index contributed by atoms with van der Waals surface area (Å²) in [4.78, 5) is 0. The van der Waals surface area contributed by atoms with E-state index in [1.165, 1.54) is 11.1 Å². The third-order valence-electron chi connectivity index (χ3n) is 5.92. The predicted molar refractivity (Wildman–Crippen MR) is 123 cm³/mol. The van der Waals surface area contributed by atoms with Crippen molar-refractivity contribution in [2.45, 2.75) is 64.1 Å². The fraction of sp³-hybridized carbons (Fsp3) is 0.385. The minimum absolute atomic E-state index is 0.123. The van der Waals surface area contributed by atoms with Gasteiger partial charge in [0.15, 0.2) is 0 Å². The number of rotatable bonds is 6. The van der Waals surface area contributed by atoms with Gasteiger partial charge in [0.25, 0.3) is 0 Å². The van der Waals surface area contributed by atoms with E-state index in [1.807, 2.05) is 0 Å². The molecule has 2 rings (SSSR count). The van der Waals surface area contributed by atoms with E-state index in [4.69, 9.17) is 0 Å². The summed E-state index contributed by atoms with van der Waals surface area (Å²) in [5.74, 6) is 3.71. The Balaban J connectivity index is 2.51. The van der Waals surface area contributed by atoms with E-state index in [0.29, 0.717) is 16.6 Å². The molecule has 2 aromatic carbocycles. The first-order valence-corrected chi connectivity index (χ1v) is 12.4. The molecule has 0 fully saturated rings. The minimum atomic E-state index is -1.76. The van der Waals surface area contributed by atoms with Gasteiger partial charge < -0.3 is 0 Å². The van der Waals surface area contributed by atoms with Crippen molar-refractivity contribution in [2.75, 3.05) is 0 Å². The van der Waals surface area contributed by atoms with Gasteiger partial charge in [-0.1, -0.05) is 115 Å². The zero-order valence-corrected chi connectivity index (χ0v) is 18.8. The molecule has 0 aliphatic rings. The van der Waals surface area contributed by atoms with Crippen LogP contribution >= 0.6 is 0 Å². The molecule has 0 saturated carbocycles. The van der Waals surface area contributed by atoms with E-state index in [2.05, 4.69) is 120 Å². The van der Waals surface area contributed by atoms with Crippen molar-refractivity contribution in [3.63, 3.8) is 0 Å². The van der Waals surface area contributed by atoms with Crippen molar-refractivity contribution in [3.05, 3.63) is 83.9 Å². The van der Waals surface area contributed by atoms with E-state index >= 15 is 0 Å². The molecular formula is C26H34Si. The molecule has 0 N–H and O–H groups in total. The maximum absolute atomic E-state index is 4.44. The lowest BCUT2D eigenvalue weighted by atomic mass is 9.86. The Morgan fingerprint density at radius 2 is 1.07 bits per heavy atom. The molecule has 142 valence electrons. The summed E-state index contributed by atoms with van der Waals surface area (Å²) in [6.07, 6.45) is 0. The summed E-state index contributed by atoms with van der Waals surface area (Å²) in [5, 5.41) is 0. The standard InChI is InChI=1S/C26H34Si/c1-20(2)27(21(3)4,22(5)6)19-18-23(7)26(24-14-10-8-11-15-24)25-16-12-9-13-17-25/h8-17,20-22,26H,7H2,1-6H3. The highest BCUT2D eigenvalue weighted by molar-refractivity contribution is 6.90. The molecule has 0 aliphatic heterocycles. The van der Waals surface area contributed by atoms with Crippen LogP contribution in [-0.2, 0) is 0 Å². The van der Waals surface area contributed by atoms with Crippen LogP contribution in [0.25, 0.3) is 0 Å². The van der Waals surface area contributed by atoms with Crippen LogP contribution in [0.5, 0.6) is 0 Å². The Morgan fingerprint density at radius 3 is 1.41 bits per heavy atom. The molecule has 0 nitrogen and oxygen atoms in total. The molecule has 1 heteroatoms. The lowest BCUT2D eigenvalue weighted by Crippen LogP contribution is -2.43. The van der Waals surface area contributed by atoms with E-state index in [1.54, 1.807) is 0 Å². The van der Waals surface area contributed by atoms with Gasteiger partial charge in [-0.3, -0.25) is 0 Å². The van der Waals surface area contributed by atoms with Gasteiger partial charge in [-0.05, 0) is 27.8 Å². The highest BCUT2D eigenvalue weighted by atomic mass is 28.3. The van der Waals surface area contributed by atoms with E-state index < -0.39 is 8.07 Å². The van der Waals surface area contributed by atoms with E-state index in [9.17, 15) is 0 Å². The van der Waals surface area contributed by atoms with Crippen LogP contribution in [0, 0.1) is 11.5 Å². The van der Waals surface area contributed by atoms with E-state index in [-0.39, 0.29) is 5.92 Å². The quantitative estimate of drug-likeness (QED) is 0.361. The molecule has 27 heavy (non-hydrogen) atoms. The van der Waals surface area contributed by atoms with Crippen LogP contribution in [0.15, 0.2) is 72.8 Å². The molecule has 0 unspecified atom stereocenters. The Hall–Kier alpha value is -2.04. The van der Waals surface area contributed by atoms with Crippen molar-refractivity contribution < 1.29 is 0 Å². The second-order valence-electron chi connectivity index (χ2n) is 8.43. The van der Waals surface area contributed by atoms with Crippen molar-refractivity contribution >= 4 is 8.07 Å². The average Bonchev–Trinajstić information content (AvgIpc) is 2.63. The van der Waals surface area contributed by atoms with Gasteiger partial charge in [0.1, 0.15) is 8.07 Å². The fourth-order valence-corrected chi connectivity index (χ4v) is 9.82. The molecule has 0 saturated heterocycles. The smallest absolute Gasteiger partial charge is 0.125 e. The number of benzene rings is 2. The first-order chi connectivity index (χ1) is 12.8. The summed E-state index contributed by atoms with van der Waals surface area (Å²) in [5.41, 5.74) is 9.25. The molecule has 0 spiro atoms. The molecule has 2 aromatic rings. The fourth-order valence-electron chi connectivity index (χ4n) is 4.58. The molecule has 0 aromatic heterocycles. The lowest BCUT2D eigenvalue weighted by molar-refractivity contribution is 0.838. The summed E-state index contributed by atoms with van der Waals surface area (Å²) in [6.45, 7) is 18.6. The largest absolute Gasteiger partial charge is 0.146 e. The van der Waals surface area contributed by atoms with Crippen LogP contribution in [0.4, 0.5) is 0 Å². The van der Waals surface area contributed by atoms with Crippen LogP contribution < -0.4 is 0 Å². The Labute approximate surface area is 167 Å². The summed E-state index contributed by atoms with van der Waals surface area (Å²) in [7, 11) is -1.76. The van der Waals surface area contributed by atoms with Crippen LogP contribution in [-0.4, -0.2) is 8.07 Å². The monoisotopic (exact) mass is 374 g/mol. The molecule has 0 heterocycles. The number of hydrogen-bond acceptors (Lipinski definition) is 0. The van der Waals surface area contributed by atoms with Gasteiger partial charge in [0.05, 0.1) is 0 Å². The van der Waals surface area contributed by atoms with E-state index in [0.717, 1.165) is 5.57 Å². The van der Waals surface area contributed by atoms with Gasteiger partial charge in [0, 0.05) is 11.5 Å². The Kier molecular flexibility index (Phi) is 7.28. The predicted octanol–water partition coefficient (Wildman–Crippen LogP) is 7.60. The minimum Gasteiger partial charge on any atom is -0.125 e. The van der Waals surface area contributed by atoms with Gasteiger partial charge in [0.2, 0.25) is 0 Å². The molecule has 0 radical (unpaired) electrons. The van der Waals surface area contributed by atoms with Crippen LogP contribution in [0.2, 0.25) is 16.6 Å². The zero-order valence-electron chi connectivity index (χ0n) is 17.8. The topological polar surface area (TPSA) is 0 Å². The first-order valence-electron chi connectivity index (χ1n) is 10.1. The molecular weight excluding hydrogens is 340 g/mol. The average molecular weight is 375 g/mol. The second kappa shape index (κ2) is 9.24. The summed E-state index contributed by atoms with van der Waals surface area (Å²) < 4.78 is 0. The van der Waals surface area contributed by atoms with Crippen molar-refractivity contribution in [1.82, 2.24) is 0 Å². The van der Waals surface area contributed by atoms with Crippen molar-refractivity contribution in [3.8, 4) is 11.5 Å². The van der Waals surface area contributed by atoms with Crippen molar-refractivity contribution in [1.29, 1.82) is 0 Å². The van der Waals surface area contributed by atoms with Gasteiger partial charge in [-0.2, -0.15) is 0 Å². The normalized spacial score (nSPS) is 11.8. The maximum Gasteiger partial charge on any atom is 0.146 e. The van der Waals surface area contributed by atoms with Crippen LogP contribution in [0.1, 0.15) is 58.6 Å². The lowest BCUT2D eigenvalue weighted by Gasteiger charge is -2.38. The first kappa shape index (κ1) is 21.3. The zero-order chi connectivity index (χ0) is 20.0. The Morgan fingerprint density at radius 1 is 0.704 bits per heavy atom. The molecule has 0 aliphatic carbocycles. The van der Waals surface area contributed by atoms with Gasteiger partial charge in [-0.15, -0.1) is 5.54 Å². The summed E-state index contributed by atoms with van der Waals surface area (Å²) >= 11 is 0. The highest BCUT2D eigenvalue weighted by Gasteiger charge is 2.41. The molecule has 0 amide bonds. The van der Waals surface area contributed by atoms with Crippen LogP contribution in [0.3, 0.4) is 0 Å². The maximum atomic E-state index is 4.44. The third-order valence-corrected chi connectivity index (χ3v) is 12.2. The highest BCUT2D eigenvalue weighted by Crippen LogP contribution is 2.41. The Bertz CT molecular complexity index is 727. The molecule has 0 bridgehead atoms. The SMILES string of the molecule is C=C(C#C[Si](C(C)C)(C(C)C)C(C)C)C(c1ccccc1)c1ccccc1. The number of allylic oxidation sites excluding steroid dienone is 1.